The van der Waals surface area contributed by atoms with Gasteiger partial charge in [-0.05, 0) is 37.0 Å². The summed E-state index contributed by atoms with van der Waals surface area (Å²) in [5.41, 5.74) is 1.04. The fourth-order valence-corrected chi connectivity index (χ4v) is 5.42. The molecule has 1 aromatic rings. The Balaban J connectivity index is 1.44. The van der Waals surface area contributed by atoms with Gasteiger partial charge in [-0.25, -0.2) is 8.42 Å². The molecule has 1 heterocycles. The number of halogens is 1. The van der Waals surface area contributed by atoms with Crippen LogP contribution < -0.4 is 5.32 Å². The summed E-state index contributed by atoms with van der Waals surface area (Å²) in [7, 11) is -1.39. The molecule has 0 spiro atoms. The van der Waals surface area contributed by atoms with E-state index in [9.17, 15) is 18.0 Å². The number of hydrogen-bond donors (Lipinski definition) is 1. The Bertz CT molecular complexity index is 811. The van der Waals surface area contributed by atoms with Gasteiger partial charge in [-0.3, -0.25) is 9.59 Å². The van der Waals surface area contributed by atoms with Gasteiger partial charge < -0.3 is 10.2 Å². The largest absolute Gasteiger partial charge is 0.356 e. The Morgan fingerprint density at radius 2 is 2.08 bits per heavy atom. The van der Waals surface area contributed by atoms with Crippen molar-refractivity contribution in [3.63, 3.8) is 0 Å². The summed E-state index contributed by atoms with van der Waals surface area (Å²) in [5, 5.41) is 3.54. The Morgan fingerprint density at radius 1 is 1.31 bits per heavy atom. The number of carbonyl (C=O) groups excluding carboxylic acids is 2. The highest BCUT2D eigenvalue weighted by Gasteiger charge is 2.50. The minimum Gasteiger partial charge on any atom is -0.356 e. The van der Waals surface area contributed by atoms with Crippen molar-refractivity contribution in [2.45, 2.75) is 25.3 Å². The van der Waals surface area contributed by atoms with E-state index in [4.69, 9.17) is 11.6 Å². The van der Waals surface area contributed by atoms with Gasteiger partial charge in [-0.1, -0.05) is 23.7 Å². The lowest BCUT2D eigenvalue weighted by atomic mass is 10.1. The zero-order chi connectivity index (χ0) is 18.9. The van der Waals surface area contributed by atoms with Crippen molar-refractivity contribution < 1.29 is 18.0 Å². The average molecular weight is 399 g/mol. The van der Waals surface area contributed by atoms with Gasteiger partial charge in [0.15, 0.2) is 9.84 Å². The van der Waals surface area contributed by atoms with Gasteiger partial charge in [0.25, 0.3) is 0 Å². The molecule has 3 atom stereocenters. The van der Waals surface area contributed by atoms with E-state index in [1.807, 2.05) is 18.2 Å². The van der Waals surface area contributed by atoms with Crippen LogP contribution in [0.2, 0.25) is 5.02 Å². The average Bonchev–Trinajstić information content (AvgIpc) is 3.30. The lowest BCUT2D eigenvalue weighted by Gasteiger charge is -2.23. The molecule has 26 heavy (non-hydrogen) atoms. The Hall–Kier alpha value is -1.60. The SMILES string of the molecule is CN(C(=O)C1CC1C(=O)NCCc1cccc(Cl)c1)C1CCS(=O)(=O)C1. The van der Waals surface area contributed by atoms with Gasteiger partial charge >= 0.3 is 0 Å². The molecule has 1 aliphatic carbocycles. The number of sulfone groups is 1. The molecule has 3 rings (SSSR count). The van der Waals surface area contributed by atoms with E-state index in [2.05, 4.69) is 5.32 Å². The van der Waals surface area contributed by atoms with Crippen LogP contribution in [0, 0.1) is 11.8 Å². The second kappa shape index (κ2) is 7.56. The number of carbonyl (C=O) groups is 2. The summed E-state index contributed by atoms with van der Waals surface area (Å²) in [6, 6.07) is 7.22. The molecular weight excluding hydrogens is 376 g/mol. The van der Waals surface area contributed by atoms with E-state index in [1.165, 1.54) is 4.90 Å². The Kier molecular flexibility index (Phi) is 5.58. The monoisotopic (exact) mass is 398 g/mol. The fourth-order valence-electron chi connectivity index (χ4n) is 3.43. The predicted molar refractivity (Wildman–Crippen MR) is 99.6 cm³/mol. The van der Waals surface area contributed by atoms with Crippen LogP contribution in [0.3, 0.4) is 0 Å². The van der Waals surface area contributed by atoms with Gasteiger partial charge in [0.1, 0.15) is 0 Å². The van der Waals surface area contributed by atoms with Crippen LogP contribution in [0.5, 0.6) is 0 Å². The molecule has 0 radical (unpaired) electrons. The van der Waals surface area contributed by atoms with E-state index in [1.54, 1.807) is 13.1 Å². The van der Waals surface area contributed by atoms with Crippen LogP contribution in [0.1, 0.15) is 18.4 Å². The molecule has 1 aromatic carbocycles. The van der Waals surface area contributed by atoms with Gasteiger partial charge in [-0.2, -0.15) is 0 Å². The fraction of sp³-hybridized carbons (Fsp3) is 0.556. The summed E-state index contributed by atoms with van der Waals surface area (Å²) in [4.78, 5) is 26.2. The summed E-state index contributed by atoms with van der Waals surface area (Å²) in [6.07, 6.45) is 1.69. The summed E-state index contributed by atoms with van der Waals surface area (Å²) in [6.45, 7) is 0.493. The number of rotatable bonds is 6. The third-order valence-electron chi connectivity index (χ3n) is 5.15. The normalized spacial score (nSPS) is 26.3. The van der Waals surface area contributed by atoms with E-state index in [0.717, 1.165) is 5.56 Å². The first-order chi connectivity index (χ1) is 12.3. The molecule has 2 amide bonds. The number of amides is 2. The maximum atomic E-state index is 12.5. The zero-order valence-corrected chi connectivity index (χ0v) is 16.2. The van der Waals surface area contributed by atoms with Crippen LogP contribution in [0.4, 0.5) is 0 Å². The third-order valence-corrected chi connectivity index (χ3v) is 7.14. The molecule has 1 saturated carbocycles. The smallest absolute Gasteiger partial charge is 0.226 e. The van der Waals surface area contributed by atoms with Crippen molar-refractivity contribution in [1.82, 2.24) is 10.2 Å². The van der Waals surface area contributed by atoms with E-state index in [-0.39, 0.29) is 41.2 Å². The van der Waals surface area contributed by atoms with Crippen LogP contribution in [0.15, 0.2) is 24.3 Å². The number of hydrogen-bond acceptors (Lipinski definition) is 4. The quantitative estimate of drug-likeness (QED) is 0.782. The van der Waals surface area contributed by atoms with E-state index >= 15 is 0 Å². The lowest BCUT2D eigenvalue weighted by molar-refractivity contribution is -0.135. The minimum atomic E-state index is -3.03. The second-order valence-corrected chi connectivity index (χ2v) is 9.79. The standard InChI is InChI=1S/C18H23ClN2O4S/c1-21(14-6-8-26(24,25)11-14)18(23)16-10-15(16)17(22)20-7-5-12-3-2-4-13(19)9-12/h2-4,9,14-16H,5-8,10-11H2,1H3,(H,20,22). The van der Waals surface area contributed by atoms with Gasteiger partial charge in [-0.15, -0.1) is 0 Å². The molecule has 1 aliphatic heterocycles. The summed E-state index contributed by atoms with van der Waals surface area (Å²) in [5.74, 6) is -0.706. The zero-order valence-electron chi connectivity index (χ0n) is 14.7. The van der Waals surface area contributed by atoms with Crippen LogP contribution in [-0.2, 0) is 25.8 Å². The molecule has 1 N–H and O–H groups in total. The molecule has 0 bridgehead atoms. The van der Waals surface area contributed by atoms with Crippen molar-refractivity contribution in [2.75, 3.05) is 25.1 Å². The highest BCUT2D eigenvalue weighted by Crippen LogP contribution is 2.40. The van der Waals surface area contributed by atoms with E-state index in [0.29, 0.717) is 30.8 Å². The summed E-state index contributed by atoms with van der Waals surface area (Å²) >= 11 is 5.93. The third kappa shape index (κ3) is 4.57. The topological polar surface area (TPSA) is 83.6 Å². The molecular formula is C18H23ClN2O4S. The molecule has 3 unspecified atom stereocenters. The number of benzene rings is 1. The highest BCUT2D eigenvalue weighted by atomic mass is 35.5. The molecule has 6 nitrogen and oxygen atoms in total. The van der Waals surface area contributed by atoms with Gasteiger partial charge in [0.05, 0.1) is 23.3 Å². The van der Waals surface area contributed by atoms with Crippen molar-refractivity contribution in [1.29, 1.82) is 0 Å². The van der Waals surface area contributed by atoms with Crippen LogP contribution in [-0.4, -0.2) is 56.3 Å². The minimum absolute atomic E-state index is 0.0262. The van der Waals surface area contributed by atoms with Gasteiger partial charge in [0, 0.05) is 24.7 Å². The van der Waals surface area contributed by atoms with Crippen molar-refractivity contribution in [3.8, 4) is 0 Å². The van der Waals surface area contributed by atoms with Crippen molar-refractivity contribution >= 4 is 33.3 Å². The molecule has 8 heteroatoms. The summed E-state index contributed by atoms with van der Waals surface area (Å²) < 4.78 is 23.1. The molecule has 142 valence electrons. The Labute approximate surface area is 158 Å². The lowest BCUT2D eigenvalue weighted by Crippen LogP contribution is -2.39. The van der Waals surface area contributed by atoms with Crippen molar-refractivity contribution in [2.24, 2.45) is 11.8 Å². The molecule has 2 fully saturated rings. The van der Waals surface area contributed by atoms with E-state index < -0.39 is 9.84 Å². The van der Waals surface area contributed by atoms with Crippen LogP contribution >= 0.6 is 11.6 Å². The number of nitrogens with one attached hydrogen (secondary N) is 1. The van der Waals surface area contributed by atoms with Crippen molar-refractivity contribution in [3.05, 3.63) is 34.9 Å². The maximum absolute atomic E-state index is 12.5. The van der Waals surface area contributed by atoms with Crippen LogP contribution in [0.25, 0.3) is 0 Å². The molecule has 2 aliphatic rings. The predicted octanol–water partition coefficient (Wildman–Crippen LogP) is 1.28. The first kappa shape index (κ1) is 19.2. The first-order valence-corrected chi connectivity index (χ1v) is 11.0. The Morgan fingerprint density at radius 3 is 2.73 bits per heavy atom. The number of nitrogens with zero attached hydrogens (tertiary/aromatic N) is 1. The maximum Gasteiger partial charge on any atom is 0.226 e. The molecule has 1 saturated heterocycles. The highest BCUT2D eigenvalue weighted by molar-refractivity contribution is 7.91. The van der Waals surface area contributed by atoms with Gasteiger partial charge in [0.2, 0.25) is 11.8 Å². The molecule has 0 aromatic heterocycles. The first-order valence-electron chi connectivity index (χ1n) is 8.76. The second-order valence-electron chi connectivity index (χ2n) is 7.13.